The molecule has 0 spiro atoms. The van der Waals surface area contributed by atoms with Crippen molar-refractivity contribution in [3.63, 3.8) is 0 Å². The highest BCUT2D eigenvalue weighted by Gasteiger charge is 2.52. The summed E-state index contributed by atoms with van der Waals surface area (Å²) in [5, 5.41) is 16.5. The van der Waals surface area contributed by atoms with Crippen molar-refractivity contribution in [2.24, 2.45) is 0 Å². The molecule has 0 bridgehead atoms. The number of nitrogens with zero attached hydrogens (tertiary/aromatic N) is 3. The monoisotopic (exact) mass is 1040 g/mol. The molecule has 2 aliphatic carbocycles. The van der Waals surface area contributed by atoms with E-state index in [4.69, 9.17) is 14.5 Å². The topological polar surface area (TPSA) is 282 Å². The van der Waals surface area contributed by atoms with E-state index >= 15 is 4.39 Å². The molecule has 0 radical (unpaired) electrons. The fourth-order valence-electron chi connectivity index (χ4n) is 10.4. The summed E-state index contributed by atoms with van der Waals surface area (Å²) in [6.07, 6.45) is 6.16. The average molecular weight is 1040 g/mol. The van der Waals surface area contributed by atoms with E-state index in [1.54, 1.807) is 41.8 Å². The fraction of sp³-hybridized carbons (Fsp3) is 0.426. The van der Waals surface area contributed by atoms with E-state index in [9.17, 15) is 47.9 Å². The van der Waals surface area contributed by atoms with E-state index in [1.807, 2.05) is 13.0 Å². The largest absolute Gasteiger partial charge is 0.460 e. The summed E-state index contributed by atoms with van der Waals surface area (Å²) < 4.78 is 28.4. The van der Waals surface area contributed by atoms with Crippen molar-refractivity contribution in [3.8, 4) is 11.4 Å². The Hall–Kier alpha value is -8.14. The van der Waals surface area contributed by atoms with Crippen LogP contribution in [0.5, 0.6) is 0 Å². The molecule has 4 aromatic rings. The standard InChI is InChI=1S/C54H58FN9O12/c1-3-31-33-21-40-49-34(26-64(40)51(72)35(33)27-75-52(31)73)48-37(14-13-32-29(2)36(55)22-38(61-49)47(32)48)62-53(74)54(17-18-54)76-28-59-43(67)24-58-50(71)39(20-30-10-6-4-7-11-30)60-44(68)25-57-42(66)23-56-41(65)12-8-5-9-19-63-45(69)15-16-46(63)70/h4,6-7,10-11,15-16,21-22,31,37,39H,3,5,8-9,12-14,17-20,23-28H2,1-2H3,(H,56,65)(H,57,66)(H,58,71)(H,59,67)(H,60,68)(H,62,74). The Labute approximate surface area is 435 Å². The smallest absolute Gasteiger partial charge is 0.313 e. The number of imide groups is 1. The highest BCUT2D eigenvalue weighted by Crippen LogP contribution is 2.47. The second-order valence-electron chi connectivity index (χ2n) is 19.6. The minimum atomic E-state index is -1.27. The molecule has 6 N–H and O–H groups in total. The number of pyridine rings is 2. The van der Waals surface area contributed by atoms with Gasteiger partial charge in [0, 0.05) is 48.6 Å². The first-order valence-electron chi connectivity index (χ1n) is 25.5. The van der Waals surface area contributed by atoms with Gasteiger partial charge < -0.3 is 45.9 Å². The molecular formula is C54H58FN9O12. The number of carbonyl (C=O) groups is 9. The zero-order valence-electron chi connectivity index (χ0n) is 42.1. The number of fused-ring (bicyclic) bond motifs is 5. The molecule has 5 heterocycles. The number of nitrogens with one attached hydrogen (secondary N) is 6. The lowest BCUT2D eigenvalue weighted by molar-refractivity contribution is -0.148. The Morgan fingerprint density at radius 3 is 2.30 bits per heavy atom. The van der Waals surface area contributed by atoms with Gasteiger partial charge in [-0.1, -0.05) is 43.7 Å². The van der Waals surface area contributed by atoms with Crippen LogP contribution in [0.25, 0.3) is 22.3 Å². The molecular weight excluding hydrogens is 986 g/mol. The van der Waals surface area contributed by atoms with Gasteiger partial charge in [-0.2, -0.15) is 0 Å². The summed E-state index contributed by atoms with van der Waals surface area (Å²) in [5.41, 5.74) is 4.20. The van der Waals surface area contributed by atoms with Crippen LogP contribution >= 0.6 is 0 Å². The molecule has 3 atom stereocenters. The van der Waals surface area contributed by atoms with Crippen LogP contribution in [0.3, 0.4) is 0 Å². The normalized spacial score (nSPS) is 17.7. The second-order valence-corrected chi connectivity index (χ2v) is 19.6. The van der Waals surface area contributed by atoms with Crippen molar-refractivity contribution in [1.82, 2.24) is 46.4 Å². The number of hydrogen-bond acceptors (Lipinski definition) is 13. The number of carbonyl (C=O) groups excluding carboxylic acids is 9. The molecule has 5 aliphatic rings. The van der Waals surface area contributed by atoms with Crippen molar-refractivity contribution in [3.05, 3.63) is 110 Å². The molecule has 0 saturated heterocycles. The number of esters is 1. The lowest BCUT2D eigenvalue weighted by Crippen LogP contribution is -2.52. The lowest BCUT2D eigenvalue weighted by Gasteiger charge is -2.31. The van der Waals surface area contributed by atoms with Gasteiger partial charge in [0.05, 0.1) is 60.6 Å². The zero-order chi connectivity index (χ0) is 53.8. The average Bonchev–Trinajstić information content (AvgIpc) is 4.04. The molecule has 2 aromatic carbocycles. The van der Waals surface area contributed by atoms with E-state index in [0.717, 1.165) is 16.0 Å². The SMILES string of the molecule is CCC1C(=O)OCc2c1cc1n(c2=O)Cc2c-1nc1cc(F)c(C)c3c1c2C(NC(=O)C1(OCNC(=O)CNC(=O)C(Cc2ccccc2)NC(=O)CNC(=O)CNC(=O)CCCCCN2C(=O)C=CC2=O)CC1)CC3. The minimum absolute atomic E-state index is 0.0491. The number of aromatic nitrogens is 2. The van der Waals surface area contributed by atoms with Crippen LogP contribution in [0, 0.1) is 12.7 Å². The number of benzene rings is 2. The highest BCUT2D eigenvalue weighted by atomic mass is 19.1. The van der Waals surface area contributed by atoms with Crippen molar-refractivity contribution in [2.45, 2.75) is 115 Å². The molecule has 3 aliphatic heterocycles. The van der Waals surface area contributed by atoms with Gasteiger partial charge in [0.2, 0.25) is 29.5 Å². The first-order chi connectivity index (χ1) is 36.5. The second kappa shape index (κ2) is 22.4. The molecule has 1 saturated carbocycles. The van der Waals surface area contributed by atoms with Crippen LogP contribution in [0.4, 0.5) is 4.39 Å². The number of amides is 8. The van der Waals surface area contributed by atoms with Gasteiger partial charge in [-0.05, 0) is 85.8 Å². The van der Waals surface area contributed by atoms with Crippen molar-refractivity contribution < 1.29 is 57.0 Å². The summed E-state index contributed by atoms with van der Waals surface area (Å²) in [6.45, 7) is 2.03. The van der Waals surface area contributed by atoms with Crippen LogP contribution in [-0.4, -0.2) is 112 Å². The molecule has 1 fully saturated rings. The van der Waals surface area contributed by atoms with Crippen molar-refractivity contribution >= 4 is 64.1 Å². The zero-order valence-corrected chi connectivity index (χ0v) is 42.1. The molecule has 9 rings (SSSR count). The van der Waals surface area contributed by atoms with Gasteiger partial charge in [0.25, 0.3) is 23.3 Å². The maximum Gasteiger partial charge on any atom is 0.313 e. The lowest BCUT2D eigenvalue weighted by atomic mass is 9.81. The van der Waals surface area contributed by atoms with Gasteiger partial charge >= 0.3 is 5.97 Å². The van der Waals surface area contributed by atoms with Gasteiger partial charge in [-0.3, -0.25) is 52.8 Å². The molecule has 3 unspecified atom stereocenters. The number of aryl methyl sites for hydroxylation is 1. The Balaban J connectivity index is 0.762. The van der Waals surface area contributed by atoms with Crippen molar-refractivity contribution in [1.29, 1.82) is 0 Å². The first-order valence-corrected chi connectivity index (χ1v) is 25.5. The van der Waals surface area contributed by atoms with Crippen LogP contribution in [0.2, 0.25) is 0 Å². The quantitative estimate of drug-likeness (QED) is 0.0250. The number of halogens is 1. The van der Waals surface area contributed by atoms with E-state index in [2.05, 4.69) is 31.9 Å². The molecule has 21 nitrogen and oxygen atoms in total. The molecule has 76 heavy (non-hydrogen) atoms. The molecule has 8 amide bonds. The fourth-order valence-corrected chi connectivity index (χ4v) is 10.4. The van der Waals surface area contributed by atoms with Gasteiger partial charge in [0.15, 0.2) is 0 Å². The summed E-state index contributed by atoms with van der Waals surface area (Å²) in [5.74, 6) is -5.67. The van der Waals surface area contributed by atoms with Gasteiger partial charge in [0.1, 0.15) is 30.8 Å². The summed E-state index contributed by atoms with van der Waals surface area (Å²) in [4.78, 5) is 135. The van der Waals surface area contributed by atoms with Crippen LogP contribution in [0.1, 0.15) is 109 Å². The predicted molar refractivity (Wildman–Crippen MR) is 269 cm³/mol. The third kappa shape index (κ3) is 11.1. The number of rotatable bonds is 22. The van der Waals surface area contributed by atoms with E-state index in [1.165, 1.54) is 18.2 Å². The highest BCUT2D eigenvalue weighted by molar-refractivity contribution is 6.12. The number of ether oxygens (including phenoxy) is 2. The molecule has 22 heteroatoms. The van der Waals surface area contributed by atoms with Gasteiger partial charge in [-0.15, -0.1) is 0 Å². The third-order valence-electron chi connectivity index (χ3n) is 14.7. The summed E-state index contributed by atoms with van der Waals surface area (Å²) >= 11 is 0. The summed E-state index contributed by atoms with van der Waals surface area (Å²) in [6, 6.07) is 10.3. The van der Waals surface area contributed by atoms with Crippen LogP contribution in [0.15, 0.2) is 59.4 Å². The molecule has 398 valence electrons. The Morgan fingerprint density at radius 1 is 0.855 bits per heavy atom. The number of unbranched alkanes of at least 4 members (excludes halogenated alkanes) is 2. The van der Waals surface area contributed by atoms with E-state index in [0.29, 0.717) is 101 Å². The van der Waals surface area contributed by atoms with Crippen LogP contribution < -0.4 is 37.5 Å². The molecule has 2 aromatic heterocycles. The Kier molecular flexibility index (Phi) is 15.5. The number of cyclic esters (lactones) is 1. The van der Waals surface area contributed by atoms with Crippen molar-refractivity contribution in [2.75, 3.05) is 32.9 Å². The Morgan fingerprint density at radius 2 is 1.57 bits per heavy atom. The predicted octanol–water partition coefficient (Wildman–Crippen LogP) is 1.71. The first kappa shape index (κ1) is 52.7. The van der Waals surface area contributed by atoms with E-state index in [-0.39, 0.29) is 56.6 Å². The maximum absolute atomic E-state index is 15.5. The third-order valence-corrected chi connectivity index (χ3v) is 14.7. The van der Waals surface area contributed by atoms with Crippen LogP contribution in [-0.2, 0) is 78.6 Å². The summed E-state index contributed by atoms with van der Waals surface area (Å²) in [7, 11) is 0. The Bertz CT molecular complexity index is 3150. The minimum Gasteiger partial charge on any atom is -0.460 e. The van der Waals surface area contributed by atoms with Gasteiger partial charge in [-0.25, -0.2) is 9.37 Å². The number of hydrogen-bond donors (Lipinski definition) is 6. The van der Waals surface area contributed by atoms with E-state index < -0.39 is 90.5 Å². The maximum atomic E-state index is 15.5.